The Morgan fingerprint density at radius 1 is 1.06 bits per heavy atom. The Labute approximate surface area is 197 Å². The van der Waals surface area contributed by atoms with Gasteiger partial charge in [0.1, 0.15) is 17.4 Å². The van der Waals surface area contributed by atoms with E-state index < -0.39 is 52.3 Å². The third-order valence-electron chi connectivity index (χ3n) is 9.80. The Balaban J connectivity index is 1.77. The van der Waals surface area contributed by atoms with Crippen molar-refractivity contribution in [1.29, 1.82) is 0 Å². The molecule has 3 spiro atoms. The minimum Gasteiger partial charge on any atom is -0.497 e. The number of piperidine rings is 1. The van der Waals surface area contributed by atoms with E-state index in [0.29, 0.717) is 43.8 Å². The lowest BCUT2D eigenvalue weighted by Gasteiger charge is -2.74. The molecule has 3 N–H and O–H groups in total. The fraction of sp³-hybridized carbons (Fsp3) is 0.667. The summed E-state index contributed by atoms with van der Waals surface area (Å²) in [6, 6.07) is 4.90. The van der Waals surface area contributed by atoms with E-state index in [-0.39, 0.29) is 6.42 Å². The number of anilines is 1. The Morgan fingerprint density at radius 3 is 2.50 bits per heavy atom. The molecule has 1 amide bonds. The lowest BCUT2D eigenvalue weighted by Crippen LogP contribution is -2.92. The van der Waals surface area contributed by atoms with Crippen LogP contribution in [0, 0.1) is 5.41 Å². The minimum absolute atomic E-state index is 0.184. The summed E-state index contributed by atoms with van der Waals surface area (Å²) in [6.45, 7) is 1.25. The Morgan fingerprint density at radius 2 is 1.82 bits per heavy atom. The normalized spacial score (nSPS) is 43.7. The second kappa shape index (κ2) is 6.63. The van der Waals surface area contributed by atoms with Crippen molar-refractivity contribution < 1.29 is 39.1 Å². The number of amides is 1. The maximum Gasteiger partial charge on any atom is 0.414 e. The number of ether oxygens (including phenoxy) is 3. The molecule has 2 bridgehead atoms. The van der Waals surface area contributed by atoms with Crippen LogP contribution in [-0.4, -0.2) is 96.1 Å². The van der Waals surface area contributed by atoms with Crippen LogP contribution in [-0.2, 0) is 19.7 Å². The summed E-state index contributed by atoms with van der Waals surface area (Å²) in [5, 5.41) is 35.7. The fourth-order valence-electron chi connectivity index (χ4n) is 8.82. The zero-order valence-electron chi connectivity index (χ0n) is 19.5. The van der Waals surface area contributed by atoms with Crippen molar-refractivity contribution >= 4 is 17.7 Å². The molecule has 6 aliphatic rings. The van der Waals surface area contributed by atoms with Crippen molar-refractivity contribution in [3.8, 4) is 5.75 Å². The number of nitrogens with zero attached hydrogens (tertiary/aromatic N) is 2. The minimum atomic E-state index is -2.49. The number of hydrogen-bond donors (Lipinski definition) is 3. The van der Waals surface area contributed by atoms with E-state index in [2.05, 4.69) is 4.90 Å². The van der Waals surface area contributed by atoms with E-state index in [1.54, 1.807) is 19.2 Å². The summed E-state index contributed by atoms with van der Waals surface area (Å²) in [6.07, 6.45) is -1.87. The molecule has 184 valence electrons. The second-order valence-electron chi connectivity index (χ2n) is 10.3. The van der Waals surface area contributed by atoms with Crippen molar-refractivity contribution in [1.82, 2.24) is 4.90 Å². The van der Waals surface area contributed by atoms with Crippen LogP contribution in [0.15, 0.2) is 18.2 Å². The summed E-state index contributed by atoms with van der Waals surface area (Å²) < 4.78 is 15.8. The topological polar surface area (TPSA) is 129 Å². The van der Waals surface area contributed by atoms with E-state index in [1.165, 1.54) is 12.0 Å². The third-order valence-corrected chi connectivity index (χ3v) is 9.80. The highest BCUT2D eigenvalue weighted by atomic mass is 16.6. The monoisotopic (exact) mass is 474 g/mol. The lowest BCUT2D eigenvalue weighted by molar-refractivity contribution is -0.301. The van der Waals surface area contributed by atoms with Crippen molar-refractivity contribution in [2.24, 2.45) is 5.41 Å². The van der Waals surface area contributed by atoms with Gasteiger partial charge in [-0.25, -0.2) is 9.59 Å². The van der Waals surface area contributed by atoms with Gasteiger partial charge in [-0.05, 0) is 56.0 Å². The standard InChI is InChI=1S/C24H30N2O8/c1-32-13-4-5-15-14(12-13)22-9-11-25-10-6-16(27)21(17(22)25)7-8-23(22,26(15)20(30)34-3)24(31,18(21)28)19(29)33-2/h4-5,12,16-18,27-28,31H,6-11H2,1-3H3/t16-,17-,18-,21-,22+,23-,24+/m0/s1. The molecule has 5 fully saturated rings. The summed E-state index contributed by atoms with van der Waals surface area (Å²) in [5.74, 6) is -0.454. The molecule has 3 heterocycles. The van der Waals surface area contributed by atoms with Gasteiger partial charge in [0, 0.05) is 23.4 Å². The molecule has 3 aliphatic carbocycles. The van der Waals surface area contributed by atoms with Gasteiger partial charge in [-0.2, -0.15) is 0 Å². The summed E-state index contributed by atoms with van der Waals surface area (Å²) in [7, 11) is 3.96. The van der Waals surface area contributed by atoms with Crippen LogP contribution >= 0.6 is 0 Å². The molecule has 7 atom stereocenters. The molecular weight excluding hydrogens is 444 g/mol. The molecular formula is C24H30N2O8. The van der Waals surface area contributed by atoms with E-state index in [9.17, 15) is 24.9 Å². The zero-order valence-corrected chi connectivity index (χ0v) is 19.5. The van der Waals surface area contributed by atoms with Gasteiger partial charge < -0.3 is 29.5 Å². The summed E-state index contributed by atoms with van der Waals surface area (Å²) in [5.41, 5.74) is -4.96. The van der Waals surface area contributed by atoms with Gasteiger partial charge in [0.2, 0.25) is 5.60 Å². The highest BCUT2D eigenvalue weighted by Gasteiger charge is 2.91. The number of methoxy groups -OCH3 is 3. The number of aliphatic hydroxyl groups excluding tert-OH is 2. The first-order valence-corrected chi connectivity index (χ1v) is 11.7. The number of aliphatic hydroxyl groups is 3. The molecule has 0 radical (unpaired) electrons. The SMILES string of the molecule is COC(=O)N1c2ccc(OC)cc2[C@@]23CCN4CC[C@H](O)[C@@]5(CC[C@]12[C@](O)(C(=O)OC)[C@H]5O)[C@H]43. The maximum absolute atomic E-state index is 13.5. The average molecular weight is 475 g/mol. The number of carbonyl (C=O) groups excluding carboxylic acids is 2. The van der Waals surface area contributed by atoms with Crippen LogP contribution in [0.25, 0.3) is 0 Å². The van der Waals surface area contributed by atoms with Crippen molar-refractivity contribution in [2.75, 3.05) is 39.3 Å². The van der Waals surface area contributed by atoms with Gasteiger partial charge >= 0.3 is 12.1 Å². The van der Waals surface area contributed by atoms with Crippen LogP contribution in [0.1, 0.15) is 31.2 Å². The summed E-state index contributed by atoms with van der Waals surface area (Å²) in [4.78, 5) is 30.5. The van der Waals surface area contributed by atoms with Crippen molar-refractivity contribution in [3.05, 3.63) is 23.8 Å². The van der Waals surface area contributed by atoms with E-state index >= 15 is 0 Å². The van der Waals surface area contributed by atoms with Crippen LogP contribution in [0.4, 0.5) is 10.5 Å². The van der Waals surface area contributed by atoms with Crippen LogP contribution in [0.2, 0.25) is 0 Å². The molecule has 34 heavy (non-hydrogen) atoms. The molecule has 7 rings (SSSR count). The van der Waals surface area contributed by atoms with E-state index in [0.717, 1.165) is 12.7 Å². The van der Waals surface area contributed by atoms with Gasteiger partial charge in [0.05, 0.1) is 33.1 Å². The predicted molar refractivity (Wildman–Crippen MR) is 118 cm³/mol. The second-order valence-corrected chi connectivity index (χ2v) is 10.3. The first-order valence-electron chi connectivity index (χ1n) is 11.7. The molecule has 10 heteroatoms. The molecule has 3 saturated carbocycles. The zero-order chi connectivity index (χ0) is 24.3. The number of carbonyl (C=O) groups is 2. The molecule has 1 aromatic rings. The third kappa shape index (κ3) is 1.91. The number of fused-ring (bicyclic) bond motifs is 3. The van der Waals surface area contributed by atoms with Crippen LogP contribution in [0.5, 0.6) is 5.75 Å². The lowest BCUT2D eigenvalue weighted by atomic mass is 9.35. The average Bonchev–Trinajstić information content (AvgIpc) is 3.38. The van der Waals surface area contributed by atoms with Gasteiger partial charge in [0.15, 0.2) is 0 Å². The molecule has 0 aromatic heterocycles. The van der Waals surface area contributed by atoms with E-state index in [4.69, 9.17) is 14.2 Å². The maximum atomic E-state index is 13.5. The first-order chi connectivity index (χ1) is 16.2. The van der Waals surface area contributed by atoms with E-state index in [1.807, 2.05) is 6.07 Å². The van der Waals surface area contributed by atoms with Crippen molar-refractivity contribution in [3.63, 3.8) is 0 Å². The largest absolute Gasteiger partial charge is 0.497 e. The smallest absolute Gasteiger partial charge is 0.414 e. The first kappa shape index (κ1) is 22.1. The van der Waals surface area contributed by atoms with Gasteiger partial charge in [-0.15, -0.1) is 0 Å². The molecule has 0 unspecified atom stereocenters. The highest BCUT2D eigenvalue weighted by Crippen LogP contribution is 2.77. The number of rotatable bonds is 2. The van der Waals surface area contributed by atoms with Crippen LogP contribution < -0.4 is 9.64 Å². The molecule has 3 aliphatic heterocycles. The molecule has 1 aromatic carbocycles. The summed E-state index contributed by atoms with van der Waals surface area (Å²) >= 11 is 0. The Kier molecular flexibility index (Phi) is 4.31. The number of hydrogen-bond acceptors (Lipinski definition) is 9. The van der Waals surface area contributed by atoms with Crippen molar-refractivity contribution in [2.45, 2.75) is 60.5 Å². The van der Waals surface area contributed by atoms with Gasteiger partial charge in [-0.3, -0.25) is 9.80 Å². The van der Waals surface area contributed by atoms with Crippen LogP contribution in [0.3, 0.4) is 0 Å². The highest BCUT2D eigenvalue weighted by molar-refractivity contribution is 5.99. The predicted octanol–water partition coefficient (Wildman–Crippen LogP) is 0.156. The Hall–Kier alpha value is -2.40. The quantitative estimate of drug-likeness (QED) is 0.513. The van der Waals surface area contributed by atoms with Gasteiger partial charge in [-0.1, -0.05) is 0 Å². The molecule has 10 nitrogen and oxygen atoms in total. The fourth-order valence-corrected chi connectivity index (χ4v) is 8.82. The number of benzene rings is 1. The number of esters is 1. The Bertz CT molecular complexity index is 1100. The van der Waals surface area contributed by atoms with Gasteiger partial charge in [0.25, 0.3) is 0 Å². The molecule has 2 saturated heterocycles.